The van der Waals surface area contributed by atoms with Crippen molar-refractivity contribution in [2.75, 3.05) is 39.9 Å². The number of nitrogens with zero attached hydrogens (tertiary/aromatic N) is 2. The minimum Gasteiger partial charge on any atom is -0.481 e. The van der Waals surface area contributed by atoms with Crippen LogP contribution in [0.1, 0.15) is 0 Å². The minimum absolute atomic E-state index is 0.168. The zero-order valence-corrected chi connectivity index (χ0v) is 10.7. The fourth-order valence-electron chi connectivity index (χ4n) is 2.19. The Hall–Kier alpha value is -1.83. The largest absolute Gasteiger partial charge is 0.481 e. The molecule has 2 heterocycles. The molecule has 1 atom stereocenters. The van der Waals surface area contributed by atoms with Gasteiger partial charge in [0.15, 0.2) is 0 Å². The second-order valence-electron chi connectivity index (χ2n) is 4.62. The van der Waals surface area contributed by atoms with Gasteiger partial charge in [0.25, 0.3) is 0 Å². The fourth-order valence-corrected chi connectivity index (χ4v) is 2.19. The number of carbonyl (C=O) groups is 3. The number of urea groups is 1. The molecule has 106 valence electrons. The first-order chi connectivity index (χ1) is 9.04. The number of morpholine rings is 1. The molecule has 0 bridgehead atoms. The molecule has 0 saturated carbocycles. The summed E-state index contributed by atoms with van der Waals surface area (Å²) in [6.07, 6.45) is 0. The van der Waals surface area contributed by atoms with Crippen molar-refractivity contribution in [2.24, 2.45) is 5.92 Å². The molecule has 1 unspecified atom stereocenters. The van der Waals surface area contributed by atoms with Gasteiger partial charge in [-0.2, -0.15) is 0 Å². The molecule has 0 aromatic carbocycles. The van der Waals surface area contributed by atoms with Gasteiger partial charge in [-0.25, -0.2) is 4.79 Å². The van der Waals surface area contributed by atoms with Crippen LogP contribution in [0.4, 0.5) is 4.79 Å². The van der Waals surface area contributed by atoms with Gasteiger partial charge in [0, 0.05) is 26.7 Å². The molecule has 0 radical (unpaired) electrons. The highest BCUT2D eigenvalue weighted by molar-refractivity contribution is 5.88. The number of amides is 3. The van der Waals surface area contributed by atoms with Crippen LogP contribution in [0.2, 0.25) is 0 Å². The first-order valence-corrected chi connectivity index (χ1v) is 6.12. The summed E-state index contributed by atoms with van der Waals surface area (Å²) in [6.45, 7) is 1.29. The summed E-state index contributed by atoms with van der Waals surface area (Å²) in [5, 5.41) is 11.3. The lowest BCUT2D eigenvalue weighted by atomic mass is 10.0. The SMILES string of the molecule is CNC(=O)C1COCCN1C(=O)N1CC(C(=O)O)C1. The van der Waals surface area contributed by atoms with Crippen LogP contribution in [0, 0.1) is 5.92 Å². The van der Waals surface area contributed by atoms with Crippen molar-refractivity contribution < 1.29 is 24.2 Å². The second-order valence-corrected chi connectivity index (χ2v) is 4.62. The summed E-state index contributed by atoms with van der Waals surface area (Å²) in [6, 6.07) is -0.940. The van der Waals surface area contributed by atoms with Crippen LogP contribution in [0.15, 0.2) is 0 Å². The Bertz CT molecular complexity index is 394. The summed E-state index contributed by atoms with van der Waals surface area (Å²) in [7, 11) is 1.50. The Morgan fingerprint density at radius 3 is 2.58 bits per heavy atom. The lowest BCUT2D eigenvalue weighted by Crippen LogP contribution is -2.63. The van der Waals surface area contributed by atoms with Crippen LogP contribution in [0.5, 0.6) is 0 Å². The molecule has 2 aliphatic heterocycles. The van der Waals surface area contributed by atoms with E-state index in [1.165, 1.54) is 16.8 Å². The van der Waals surface area contributed by atoms with Gasteiger partial charge in [-0.3, -0.25) is 9.59 Å². The lowest BCUT2D eigenvalue weighted by molar-refractivity contribution is -0.147. The average molecular weight is 271 g/mol. The molecule has 2 aliphatic rings. The molecular formula is C11H17N3O5. The van der Waals surface area contributed by atoms with Gasteiger partial charge in [0.2, 0.25) is 5.91 Å². The number of carboxylic acid groups (broad SMARTS) is 1. The third-order valence-corrected chi connectivity index (χ3v) is 3.42. The van der Waals surface area contributed by atoms with Gasteiger partial charge in [-0.1, -0.05) is 0 Å². The zero-order chi connectivity index (χ0) is 14.0. The second kappa shape index (κ2) is 5.43. The number of carboxylic acids is 1. The van der Waals surface area contributed by atoms with Crippen LogP contribution in [-0.4, -0.2) is 78.8 Å². The number of carbonyl (C=O) groups excluding carboxylic acids is 2. The quantitative estimate of drug-likeness (QED) is 0.641. The summed E-state index contributed by atoms with van der Waals surface area (Å²) < 4.78 is 5.21. The molecular weight excluding hydrogens is 254 g/mol. The van der Waals surface area contributed by atoms with E-state index < -0.39 is 17.9 Å². The first kappa shape index (κ1) is 13.6. The van der Waals surface area contributed by atoms with Crippen LogP contribution >= 0.6 is 0 Å². The summed E-state index contributed by atoms with van der Waals surface area (Å²) in [4.78, 5) is 37.5. The topological polar surface area (TPSA) is 99.2 Å². The molecule has 2 saturated heterocycles. The molecule has 8 nitrogen and oxygen atoms in total. The standard InChI is InChI=1S/C11H17N3O5/c1-12-9(15)8-6-19-3-2-14(8)11(18)13-4-7(5-13)10(16)17/h7-8H,2-6H2,1H3,(H,12,15)(H,16,17). The number of nitrogens with one attached hydrogen (secondary N) is 1. The normalized spacial score (nSPS) is 23.7. The van der Waals surface area contributed by atoms with E-state index in [0.717, 1.165) is 0 Å². The maximum Gasteiger partial charge on any atom is 0.320 e. The molecule has 0 aromatic heterocycles. The van der Waals surface area contributed by atoms with Crippen molar-refractivity contribution in [1.82, 2.24) is 15.1 Å². The van der Waals surface area contributed by atoms with Crippen molar-refractivity contribution >= 4 is 17.9 Å². The third kappa shape index (κ3) is 2.62. The highest BCUT2D eigenvalue weighted by Crippen LogP contribution is 2.20. The zero-order valence-electron chi connectivity index (χ0n) is 10.7. The predicted octanol–water partition coefficient (Wildman–Crippen LogP) is -1.43. The molecule has 3 amide bonds. The highest BCUT2D eigenvalue weighted by atomic mass is 16.5. The van der Waals surface area contributed by atoms with E-state index in [-0.39, 0.29) is 31.6 Å². The van der Waals surface area contributed by atoms with Crippen LogP contribution < -0.4 is 5.32 Å². The number of ether oxygens (including phenoxy) is 1. The molecule has 2 rings (SSSR count). The van der Waals surface area contributed by atoms with E-state index in [1.54, 1.807) is 0 Å². The summed E-state index contributed by atoms with van der Waals surface area (Å²) in [5.41, 5.74) is 0. The van der Waals surface area contributed by atoms with Crippen molar-refractivity contribution in [2.45, 2.75) is 6.04 Å². The van der Waals surface area contributed by atoms with E-state index in [2.05, 4.69) is 5.32 Å². The van der Waals surface area contributed by atoms with Crippen molar-refractivity contribution in [3.05, 3.63) is 0 Å². The molecule has 8 heteroatoms. The number of hydrogen-bond acceptors (Lipinski definition) is 4. The average Bonchev–Trinajstić information content (AvgIpc) is 2.35. The van der Waals surface area contributed by atoms with E-state index in [9.17, 15) is 14.4 Å². The molecule has 0 aromatic rings. The van der Waals surface area contributed by atoms with E-state index in [4.69, 9.17) is 9.84 Å². The maximum atomic E-state index is 12.2. The van der Waals surface area contributed by atoms with Crippen LogP contribution in [-0.2, 0) is 14.3 Å². The third-order valence-electron chi connectivity index (χ3n) is 3.42. The Morgan fingerprint density at radius 1 is 1.32 bits per heavy atom. The fraction of sp³-hybridized carbons (Fsp3) is 0.727. The minimum atomic E-state index is -0.895. The molecule has 2 N–H and O–H groups in total. The van der Waals surface area contributed by atoms with E-state index >= 15 is 0 Å². The van der Waals surface area contributed by atoms with Crippen LogP contribution in [0.25, 0.3) is 0 Å². The molecule has 19 heavy (non-hydrogen) atoms. The van der Waals surface area contributed by atoms with Gasteiger partial charge < -0.3 is 25.0 Å². The number of hydrogen-bond donors (Lipinski definition) is 2. The highest BCUT2D eigenvalue weighted by Gasteiger charge is 2.41. The van der Waals surface area contributed by atoms with Crippen molar-refractivity contribution in [3.63, 3.8) is 0 Å². The summed E-state index contributed by atoms with van der Waals surface area (Å²) >= 11 is 0. The predicted molar refractivity (Wildman–Crippen MR) is 63.5 cm³/mol. The Balaban J connectivity index is 1.97. The molecule has 2 fully saturated rings. The van der Waals surface area contributed by atoms with Gasteiger partial charge in [-0.05, 0) is 0 Å². The van der Waals surface area contributed by atoms with Gasteiger partial charge in [0.05, 0.1) is 19.1 Å². The molecule has 0 spiro atoms. The van der Waals surface area contributed by atoms with Gasteiger partial charge >= 0.3 is 12.0 Å². The monoisotopic (exact) mass is 271 g/mol. The number of likely N-dealkylation sites (tertiary alicyclic amines) is 1. The van der Waals surface area contributed by atoms with Crippen molar-refractivity contribution in [3.8, 4) is 0 Å². The van der Waals surface area contributed by atoms with Crippen molar-refractivity contribution in [1.29, 1.82) is 0 Å². The number of likely N-dealkylation sites (N-methyl/N-ethyl adjacent to an activating group) is 1. The van der Waals surface area contributed by atoms with Gasteiger partial charge in [-0.15, -0.1) is 0 Å². The van der Waals surface area contributed by atoms with Gasteiger partial charge in [0.1, 0.15) is 6.04 Å². The Morgan fingerprint density at radius 2 is 2.00 bits per heavy atom. The van der Waals surface area contributed by atoms with Crippen LogP contribution in [0.3, 0.4) is 0 Å². The smallest absolute Gasteiger partial charge is 0.320 e. The Kier molecular flexibility index (Phi) is 3.89. The lowest BCUT2D eigenvalue weighted by Gasteiger charge is -2.43. The Labute approximate surface area is 110 Å². The maximum absolute atomic E-state index is 12.2. The van der Waals surface area contributed by atoms with E-state index in [1.807, 2.05) is 0 Å². The number of aliphatic carboxylic acids is 1. The number of rotatable bonds is 2. The first-order valence-electron chi connectivity index (χ1n) is 6.12. The molecule has 0 aliphatic carbocycles. The van der Waals surface area contributed by atoms with E-state index in [0.29, 0.717) is 13.2 Å². The summed E-state index contributed by atoms with van der Waals surface area (Å²) in [5.74, 6) is -1.67.